The SMILES string of the molecule is CCN(C(=O)c1ccc(NCC(=O)Nc2ccc(I)cc2)cc1)c1ccccc1. The van der Waals surface area contributed by atoms with Gasteiger partial charge in [0.15, 0.2) is 0 Å². The van der Waals surface area contributed by atoms with E-state index in [-0.39, 0.29) is 18.4 Å². The number of halogens is 1. The highest BCUT2D eigenvalue weighted by atomic mass is 127. The Hall–Kier alpha value is -2.87. The molecule has 5 nitrogen and oxygen atoms in total. The lowest BCUT2D eigenvalue weighted by atomic mass is 10.1. The molecule has 0 spiro atoms. The number of hydrogen-bond acceptors (Lipinski definition) is 3. The van der Waals surface area contributed by atoms with Crippen LogP contribution in [0.25, 0.3) is 0 Å². The Bertz CT molecular complexity index is 958. The van der Waals surface area contributed by atoms with Crippen molar-refractivity contribution in [2.45, 2.75) is 6.92 Å². The Balaban J connectivity index is 1.57. The van der Waals surface area contributed by atoms with E-state index < -0.39 is 0 Å². The number of nitrogens with one attached hydrogen (secondary N) is 2. The van der Waals surface area contributed by atoms with E-state index in [0.717, 1.165) is 20.6 Å². The van der Waals surface area contributed by atoms with Gasteiger partial charge in [-0.05, 0) is 90.2 Å². The van der Waals surface area contributed by atoms with Crippen molar-refractivity contribution in [3.05, 3.63) is 88.0 Å². The van der Waals surface area contributed by atoms with E-state index in [0.29, 0.717) is 12.1 Å². The molecule has 0 fully saturated rings. The third-order valence-electron chi connectivity index (χ3n) is 4.34. The van der Waals surface area contributed by atoms with Crippen molar-refractivity contribution in [1.29, 1.82) is 0 Å². The van der Waals surface area contributed by atoms with Gasteiger partial charge in [0, 0.05) is 32.7 Å². The van der Waals surface area contributed by atoms with Crippen molar-refractivity contribution >= 4 is 51.5 Å². The van der Waals surface area contributed by atoms with Crippen LogP contribution in [0, 0.1) is 3.57 Å². The molecule has 0 saturated carbocycles. The topological polar surface area (TPSA) is 61.4 Å². The summed E-state index contributed by atoms with van der Waals surface area (Å²) in [6, 6.07) is 24.4. The summed E-state index contributed by atoms with van der Waals surface area (Å²) in [5.41, 5.74) is 3.01. The molecule has 0 atom stereocenters. The second-order valence-corrected chi connectivity index (χ2v) is 7.62. The van der Waals surface area contributed by atoms with Gasteiger partial charge in [-0.15, -0.1) is 0 Å². The largest absolute Gasteiger partial charge is 0.376 e. The molecule has 0 aliphatic heterocycles. The lowest BCUT2D eigenvalue weighted by molar-refractivity contribution is -0.114. The van der Waals surface area contributed by atoms with Gasteiger partial charge in [-0.1, -0.05) is 18.2 Å². The molecule has 0 heterocycles. The predicted octanol–water partition coefficient (Wildman–Crippen LogP) is 5.01. The minimum atomic E-state index is -0.132. The summed E-state index contributed by atoms with van der Waals surface area (Å²) in [6.07, 6.45) is 0. The van der Waals surface area contributed by atoms with Crippen LogP contribution in [-0.2, 0) is 4.79 Å². The van der Waals surface area contributed by atoms with Gasteiger partial charge in [-0.2, -0.15) is 0 Å². The van der Waals surface area contributed by atoms with Crippen LogP contribution in [0.3, 0.4) is 0 Å². The molecule has 2 amide bonds. The third-order valence-corrected chi connectivity index (χ3v) is 5.06. The molecule has 3 rings (SSSR count). The second kappa shape index (κ2) is 10.1. The van der Waals surface area contributed by atoms with Gasteiger partial charge in [0.2, 0.25) is 5.91 Å². The van der Waals surface area contributed by atoms with Crippen LogP contribution < -0.4 is 15.5 Å². The minimum absolute atomic E-state index is 0.0540. The zero-order valence-electron chi connectivity index (χ0n) is 16.1. The highest BCUT2D eigenvalue weighted by Gasteiger charge is 2.15. The van der Waals surface area contributed by atoms with Crippen molar-refractivity contribution in [3.63, 3.8) is 0 Å². The van der Waals surface area contributed by atoms with Crippen LogP contribution in [0.15, 0.2) is 78.9 Å². The first-order valence-corrected chi connectivity index (χ1v) is 10.4. The van der Waals surface area contributed by atoms with Crippen molar-refractivity contribution in [3.8, 4) is 0 Å². The van der Waals surface area contributed by atoms with Gasteiger partial charge in [0.25, 0.3) is 5.91 Å². The smallest absolute Gasteiger partial charge is 0.258 e. The molecule has 148 valence electrons. The molecule has 0 aliphatic rings. The summed E-state index contributed by atoms with van der Waals surface area (Å²) in [6.45, 7) is 2.68. The summed E-state index contributed by atoms with van der Waals surface area (Å²) in [5, 5.41) is 5.92. The van der Waals surface area contributed by atoms with E-state index >= 15 is 0 Å². The van der Waals surface area contributed by atoms with E-state index in [1.165, 1.54) is 0 Å². The average Bonchev–Trinajstić information content (AvgIpc) is 2.75. The number of benzene rings is 3. The number of rotatable bonds is 7. The first-order chi connectivity index (χ1) is 14.1. The summed E-state index contributed by atoms with van der Waals surface area (Å²) >= 11 is 2.22. The lowest BCUT2D eigenvalue weighted by Crippen LogP contribution is -2.30. The number of nitrogens with zero attached hydrogens (tertiary/aromatic N) is 1. The van der Waals surface area contributed by atoms with Crippen molar-refractivity contribution < 1.29 is 9.59 Å². The molecule has 0 aromatic heterocycles. The Labute approximate surface area is 184 Å². The zero-order valence-corrected chi connectivity index (χ0v) is 18.2. The average molecular weight is 499 g/mol. The fourth-order valence-corrected chi connectivity index (χ4v) is 3.22. The molecule has 0 unspecified atom stereocenters. The Morgan fingerprint density at radius 2 is 1.48 bits per heavy atom. The highest BCUT2D eigenvalue weighted by Crippen LogP contribution is 2.18. The van der Waals surface area contributed by atoms with E-state index in [1.807, 2.05) is 73.7 Å². The van der Waals surface area contributed by atoms with Gasteiger partial charge in [0.1, 0.15) is 0 Å². The van der Waals surface area contributed by atoms with Gasteiger partial charge >= 0.3 is 0 Å². The van der Waals surface area contributed by atoms with Crippen LogP contribution in [-0.4, -0.2) is 24.9 Å². The van der Waals surface area contributed by atoms with Crippen LogP contribution >= 0.6 is 22.6 Å². The fourth-order valence-electron chi connectivity index (χ4n) is 2.86. The molecule has 6 heteroatoms. The van der Waals surface area contributed by atoms with E-state index in [4.69, 9.17) is 0 Å². The van der Waals surface area contributed by atoms with E-state index in [2.05, 4.69) is 33.2 Å². The molecular formula is C23H22IN3O2. The summed E-state index contributed by atoms with van der Waals surface area (Å²) < 4.78 is 1.11. The Kier molecular flexibility index (Phi) is 7.24. The number of carbonyl (C=O) groups is 2. The minimum Gasteiger partial charge on any atom is -0.376 e. The first-order valence-electron chi connectivity index (χ1n) is 9.33. The first kappa shape index (κ1) is 20.9. The fraction of sp³-hybridized carbons (Fsp3) is 0.130. The monoisotopic (exact) mass is 499 g/mol. The molecule has 0 radical (unpaired) electrons. The molecule has 0 saturated heterocycles. The van der Waals surface area contributed by atoms with Crippen LogP contribution in [0.2, 0.25) is 0 Å². The molecule has 29 heavy (non-hydrogen) atoms. The number of anilines is 3. The predicted molar refractivity (Wildman–Crippen MR) is 127 cm³/mol. The molecular weight excluding hydrogens is 477 g/mol. The van der Waals surface area contributed by atoms with Gasteiger partial charge in [-0.25, -0.2) is 0 Å². The summed E-state index contributed by atoms with van der Waals surface area (Å²) in [5.74, 6) is -0.186. The molecule has 0 aliphatic carbocycles. The maximum Gasteiger partial charge on any atom is 0.258 e. The zero-order chi connectivity index (χ0) is 20.6. The molecule has 3 aromatic rings. The van der Waals surface area contributed by atoms with Gasteiger partial charge < -0.3 is 15.5 Å². The summed E-state index contributed by atoms with van der Waals surface area (Å²) in [7, 11) is 0. The standard InChI is InChI=1S/C23H22IN3O2/c1-2-27(21-6-4-3-5-7-21)23(29)17-8-12-19(13-9-17)25-16-22(28)26-20-14-10-18(24)11-15-20/h3-15,25H,2,16H2,1H3,(H,26,28). The van der Waals surface area contributed by atoms with Crippen LogP contribution in [0.5, 0.6) is 0 Å². The van der Waals surface area contributed by atoms with Crippen molar-refractivity contribution in [2.24, 2.45) is 0 Å². The number of hydrogen-bond donors (Lipinski definition) is 2. The molecule has 0 bridgehead atoms. The molecule has 2 N–H and O–H groups in total. The van der Waals surface area contributed by atoms with Crippen molar-refractivity contribution in [1.82, 2.24) is 0 Å². The van der Waals surface area contributed by atoms with Crippen LogP contribution in [0.4, 0.5) is 17.1 Å². The van der Waals surface area contributed by atoms with E-state index in [9.17, 15) is 9.59 Å². The van der Waals surface area contributed by atoms with Crippen LogP contribution in [0.1, 0.15) is 17.3 Å². The number of amides is 2. The Morgan fingerprint density at radius 3 is 2.10 bits per heavy atom. The maximum atomic E-state index is 12.8. The summed E-state index contributed by atoms with van der Waals surface area (Å²) in [4.78, 5) is 26.6. The number of carbonyl (C=O) groups excluding carboxylic acids is 2. The van der Waals surface area contributed by atoms with Crippen molar-refractivity contribution in [2.75, 3.05) is 28.6 Å². The van der Waals surface area contributed by atoms with Gasteiger partial charge in [-0.3, -0.25) is 9.59 Å². The second-order valence-electron chi connectivity index (χ2n) is 6.37. The Morgan fingerprint density at radius 1 is 0.862 bits per heavy atom. The van der Waals surface area contributed by atoms with E-state index in [1.54, 1.807) is 17.0 Å². The maximum absolute atomic E-state index is 12.8. The third kappa shape index (κ3) is 5.80. The van der Waals surface area contributed by atoms with Gasteiger partial charge in [0.05, 0.1) is 6.54 Å². The normalized spacial score (nSPS) is 10.3. The quantitative estimate of drug-likeness (QED) is 0.450. The highest BCUT2D eigenvalue weighted by molar-refractivity contribution is 14.1. The lowest BCUT2D eigenvalue weighted by Gasteiger charge is -2.21. The molecule has 3 aromatic carbocycles. The number of para-hydroxylation sites is 1.